The SMILES string of the molecule is CCOCCNC(O)CC. The van der Waals surface area contributed by atoms with Crippen molar-refractivity contribution in [3.63, 3.8) is 0 Å². The van der Waals surface area contributed by atoms with E-state index < -0.39 is 0 Å². The van der Waals surface area contributed by atoms with Gasteiger partial charge in [0.15, 0.2) is 0 Å². The first-order chi connectivity index (χ1) is 4.81. The van der Waals surface area contributed by atoms with Gasteiger partial charge in [-0.05, 0) is 13.3 Å². The lowest BCUT2D eigenvalue weighted by Gasteiger charge is -2.09. The summed E-state index contributed by atoms with van der Waals surface area (Å²) < 4.78 is 5.05. The zero-order valence-electron chi connectivity index (χ0n) is 6.76. The largest absolute Gasteiger partial charge is 0.380 e. The van der Waals surface area contributed by atoms with Crippen LogP contribution in [-0.4, -0.2) is 31.1 Å². The van der Waals surface area contributed by atoms with E-state index in [-0.39, 0.29) is 6.23 Å². The van der Waals surface area contributed by atoms with E-state index in [4.69, 9.17) is 9.84 Å². The Morgan fingerprint density at radius 3 is 2.70 bits per heavy atom. The Balaban J connectivity index is 2.89. The van der Waals surface area contributed by atoms with Gasteiger partial charge in [0, 0.05) is 13.2 Å². The molecule has 0 saturated heterocycles. The first kappa shape index (κ1) is 9.88. The summed E-state index contributed by atoms with van der Waals surface area (Å²) >= 11 is 0. The Morgan fingerprint density at radius 2 is 2.20 bits per heavy atom. The Labute approximate surface area is 62.4 Å². The number of aliphatic hydroxyl groups excluding tert-OH is 1. The van der Waals surface area contributed by atoms with Gasteiger partial charge in [-0.3, -0.25) is 5.32 Å². The summed E-state index contributed by atoms with van der Waals surface area (Å²) in [5.41, 5.74) is 0. The molecule has 0 aliphatic rings. The first-order valence-electron chi connectivity index (χ1n) is 3.80. The molecule has 3 nitrogen and oxygen atoms in total. The highest BCUT2D eigenvalue weighted by atomic mass is 16.5. The van der Waals surface area contributed by atoms with Crippen LogP contribution < -0.4 is 5.32 Å². The molecule has 0 spiro atoms. The van der Waals surface area contributed by atoms with Crippen molar-refractivity contribution in [2.75, 3.05) is 19.8 Å². The maximum Gasteiger partial charge on any atom is 0.104 e. The average Bonchev–Trinajstić information content (AvgIpc) is 1.98. The summed E-state index contributed by atoms with van der Waals surface area (Å²) in [6.07, 6.45) is 0.368. The molecule has 62 valence electrons. The quantitative estimate of drug-likeness (QED) is 0.420. The fourth-order valence-corrected chi connectivity index (χ4v) is 0.586. The van der Waals surface area contributed by atoms with Crippen molar-refractivity contribution < 1.29 is 9.84 Å². The van der Waals surface area contributed by atoms with Crippen LogP contribution in [0.25, 0.3) is 0 Å². The molecule has 1 unspecified atom stereocenters. The lowest BCUT2D eigenvalue weighted by Crippen LogP contribution is -2.30. The molecule has 0 aromatic rings. The maximum atomic E-state index is 8.99. The Hall–Kier alpha value is -0.120. The Bertz CT molecular complexity index is 68.6. The second kappa shape index (κ2) is 6.99. The number of aliphatic hydroxyl groups is 1. The number of ether oxygens (including phenoxy) is 1. The third kappa shape index (κ3) is 6.01. The minimum Gasteiger partial charge on any atom is -0.380 e. The Kier molecular flexibility index (Phi) is 6.91. The summed E-state index contributed by atoms with van der Waals surface area (Å²) in [4.78, 5) is 0. The molecule has 0 bridgehead atoms. The van der Waals surface area contributed by atoms with Gasteiger partial charge in [0.25, 0.3) is 0 Å². The molecule has 0 amide bonds. The van der Waals surface area contributed by atoms with Gasteiger partial charge in [0.05, 0.1) is 6.61 Å². The predicted molar refractivity (Wildman–Crippen MR) is 40.8 cm³/mol. The molecule has 0 fully saturated rings. The van der Waals surface area contributed by atoms with Gasteiger partial charge >= 0.3 is 0 Å². The van der Waals surface area contributed by atoms with Crippen LogP contribution in [0.1, 0.15) is 20.3 Å². The third-order valence-corrected chi connectivity index (χ3v) is 1.22. The summed E-state index contributed by atoms with van der Waals surface area (Å²) in [6, 6.07) is 0. The number of hydrogen-bond donors (Lipinski definition) is 2. The van der Waals surface area contributed by atoms with Gasteiger partial charge in [0.2, 0.25) is 0 Å². The van der Waals surface area contributed by atoms with Crippen LogP contribution in [0.3, 0.4) is 0 Å². The molecule has 0 aliphatic heterocycles. The zero-order chi connectivity index (χ0) is 7.82. The molecular formula is C7H17NO2. The molecule has 0 aliphatic carbocycles. The minimum absolute atomic E-state index is 0.375. The van der Waals surface area contributed by atoms with Gasteiger partial charge < -0.3 is 9.84 Å². The number of nitrogens with one attached hydrogen (secondary N) is 1. The number of hydrogen-bond acceptors (Lipinski definition) is 3. The van der Waals surface area contributed by atoms with Crippen LogP contribution in [-0.2, 0) is 4.74 Å². The van der Waals surface area contributed by atoms with Crippen molar-refractivity contribution in [1.29, 1.82) is 0 Å². The topological polar surface area (TPSA) is 41.5 Å². The predicted octanol–water partition coefficient (Wildman–Crippen LogP) is 0.341. The van der Waals surface area contributed by atoms with Crippen LogP contribution in [0.4, 0.5) is 0 Å². The zero-order valence-corrected chi connectivity index (χ0v) is 6.76. The van der Waals surface area contributed by atoms with Gasteiger partial charge in [-0.1, -0.05) is 6.92 Å². The van der Waals surface area contributed by atoms with Crippen molar-refractivity contribution in [3.05, 3.63) is 0 Å². The smallest absolute Gasteiger partial charge is 0.104 e. The van der Waals surface area contributed by atoms with E-state index >= 15 is 0 Å². The maximum absolute atomic E-state index is 8.99. The molecule has 0 aromatic carbocycles. The Morgan fingerprint density at radius 1 is 1.50 bits per heavy atom. The highest BCUT2D eigenvalue weighted by Gasteiger charge is 1.95. The molecular weight excluding hydrogens is 130 g/mol. The van der Waals surface area contributed by atoms with Crippen LogP contribution in [0, 0.1) is 0 Å². The summed E-state index contributed by atoms with van der Waals surface area (Å²) in [7, 11) is 0. The van der Waals surface area contributed by atoms with Crippen LogP contribution in [0.15, 0.2) is 0 Å². The van der Waals surface area contributed by atoms with E-state index in [1.54, 1.807) is 0 Å². The fraction of sp³-hybridized carbons (Fsp3) is 1.00. The highest BCUT2D eigenvalue weighted by molar-refractivity contribution is 4.48. The van der Waals surface area contributed by atoms with E-state index in [1.165, 1.54) is 0 Å². The van der Waals surface area contributed by atoms with E-state index in [2.05, 4.69) is 5.32 Å². The van der Waals surface area contributed by atoms with Gasteiger partial charge in [-0.25, -0.2) is 0 Å². The molecule has 3 heteroatoms. The van der Waals surface area contributed by atoms with Crippen molar-refractivity contribution in [2.24, 2.45) is 0 Å². The van der Waals surface area contributed by atoms with Gasteiger partial charge in [-0.15, -0.1) is 0 Å². The monoisotopic (exact) mass is 147 g/mol. The van der Waals surface area contributed by atoms with Gasteiger partial charge in [-0.2, -0.15) is 0 Å². The fourth-order valence-electron chi connectivity index (χ4n) is 0.586. The van der Waals surface area contributed by atoms with E-state index in [0.29, 0.717) is 6.61 Å². The molecule has 2 N–H and O–H groups in total. The summed E-state index contributed by atoms with van der Waals surface area (Å²) in [6.45, 7) is 6.02. The molecule has 0 heterocycles. The highest BCUT2D eigenvalue weighted by Crippen LogP contribution is 1.82. The average molecular weight is 147 g/mol. The van der Waals surface area contributed by atoms with Crippen molar-refractivity contribution in [1.82, 2.24) is 5.32 Å². The second-order valence-electron chi connectivity index (χ2n) is 2.08. The van der Waals surface area contributed by atoms with Crippen molar-refractivity contribution in [3.8, 4) is 0 Å². The van der Waals surface area contributed by atoms with E-state index in [1.807, 2.05) is 13.8 Å². The van der Waals surface area contributed by atoms with Crippen LogP contribution >= 0.6 is 0 Å². The number of rotatable bonds is 6. The van der Waals surface area contributed by atoms with Crippen LogP contribution in [0.2, 0.25) is 0 Å². The lowest BCUT2D eigenvalue weighted by molar-refractivity contribution is 0.102. The lowest BCUT2D eigenvalue weighted by atomic mass is 10.4. The van der Waals surface area contributed by atoms with E-state index in [9.17, 15) is 0 Å². The summed E-state index contributed by atoms with van der Waals surface area (Å²) in [5, 5.41) is 11.9. The molecule has 0 rings (SSSR count). The minimum atomic E-state index is -0.375. The second-order valence-corrected chi connectivity index (χ2v) is 2.08. The normalized spacial score (nSPS) is 13.5. The third-order valence-electron chi connectivity index (χ3n) is 1.22. The van der Waals surface area contributed by atoms with Crippen LogP contribution in [0.5, 0.6) is 0 Å². The first-order valence-corrected chi connectivity index (χ1v) is 3.80. The molecule has 0 saturated carbocycles. The standard InChI is InChI=1S/C7H17NO2/c1-3-7(9)8-5-6-10-4-2/h7-9H,3-6H2,1-2H3. The van der Waals surface area contributed by atoms with Crippen molar-refractivity contribution in [2.45, 2.75) is 26.5 Å². The van der Waals surface area contributed by atoms with Gasteiger partial charge in [0.1, 0.15) is 6.23 Å². The molecule has 1 atom stereocenters. The van der Waals surface area contributed by atoms with E-state index in [0.717, 1.165) is 19.6 Å². The molecule has 0 aromatic heterocycles. The van der Waals surface area contributed by atoms with Crippen molar-refractivity contribution >= 4 is 0 Å². The molecule has 10 heavy (non-hydrogen) atoms. The molecule has 0 radical (unpaired) electrons. The summed E-state index contributed by atoms with van der Waals surface area (Å²) in [5.74, 6) is 0.